The van der Waals surface area contributed by atoms with Crippen molar-refractivity contribution in [2.75, 3.05) is 10.2 Å². The van der Waals surface area contributed by atoms with Crippen molar-refractivity contribution in [1.29, 1.82) is 0 Å². The second-order valence-corrected chi connectivity index (χ2v) is 9.36. The summed E-state index contributed by atoms with van der Waals surface area (Å²) in [6.07, 6.45) is 1.54. The molecule has 0 aliphatic carbocycles. The number of benzene rings is 2. The Morgan fingerprint density at radius 3 is 2.54 bits per heavy atom. The Balaban J connectivity index is 1.52. The Morgan fingerprint density at radius 2 is 1.86 bits per heavy atom. The minimum Gasteiger partial charge on any atom is -0.463 e. The van der Waals surface area contributed by atoms with Gasteiger partial charge in [0.15, 0.2) is 5.76 Å². The zero-order chi connectivity index (χ0) is 26.2. The molecule has 37 heavy (non-hydrogen) atoms. The molecule has 0 unspecified atom stereocenters. The van der Waals surface area contributed by atoms with Crippen LogP contribution in [0.3, 0.4) is 0 Å². The normalized spacial score (nSPS) is 16.8. The van der Waals surface area contributed by atoms with Crippen molar-refractivity contribution in [3.8, 4) is 11.5 Å². The maximum atomic E-state index is 13.9. The first-order valence-electron chi connectivity index (χ1n) is 11.9. The first-order chi connectivity index (χ1) is 17.7. The molecule has 2 aromatic carbocycles. The van der Waals surface area contributed by atoms with E-state index in [1.165, 1.54) is 11.8 Å². The number of fused-ring (bicyclic) bond motifs is 1. The smallest absolute Gasteiger partial charge is 0.277 e. The molecule has 2 N–H and O–H groups in total. The molecule has 0 saturated heterocycles. The molecule has 0 spiro atoms. The number of furan rings is 1. The summed E-state index contributed by atoms with van der Waals surface area (Å²) in [5, 5.41) is 10.3. The van der Waals surface area contributed by atoms with Crippen molar-refractivity contribution >= 4 is 29.1 Å². The van der Waals surface area contributed by atoms with Crippen LogP contribution in [-0.4, -0.2) is 33.0 Å². The highest BCUT2D eigenvalue weighted by atomic mass is 16.3. The van der Waals surface area contributed by atoms with E-state index < -0.39 is 5.54 Å². The van der Waals surface area contributed by atoms with E-state index in [-0.39, 0.29) is 24.3 Å². The summed E-state index contributed by atoms with van der Waals surface area (Å²) in [6, 6.07) is 19.9. The highest BCUT2D eigenvalue weighted by Gasteiger charge is 2.49. The van der Waals surface area contributed by atoms with E-state index >= 15 is 0 Å². The molecule has 3 heterocycles. The van der Waals surface area contributed by atoms with Crippen LogP contribution in [0, 0.1) is 6.92 Å². The van der Waals surface area contributed by atoms with Gasteiger partial charge < -0.3 is 15.1 Å². The average molecular weight is 498 g/mol. The SMILES string of the molecule is CC(=O)Nc1ccc(N2C(=O)c3cc(-c4ccco4)nn3C[C@]2(C)C(=O)NCc2cccc(C)c2)cc1. The van der Waals surface area contributed by atoms with Crippen molar-refractivity contribution in [2.24, 2.45) is 0 Å². The predicted octanol–water partition coefficient (Wildman–Crippen LogP) is 4.15. The Hall–Kier alpha value is -4.66. The number of hydrogen-bond acceptors (Lipinski definition) is 5. The van der Waals surface area contributed by atoms with Gasteiger partial charge >= 0.3 is 0 Å². The summed E-state index contributed by atoms with van der Waals surface area (Å²) in [5.41, 5.74) is 2.76. The quantitative estimate of drug-likeness (QED) is 0.416. The molecular formula is C28H27N5O4. The van der Waals surface area contributed by atoms with Gasteiger partial charge in [-0.1, -0.05) is 29.8 Å². The molecule has 9 nitrogen and oxygen atoms in total. The van der Waals surface area contributed by atoms with Gasteiger partial charge in [0, 0.05) is 30.9 Å². The Bertz CT molecular complexity index is 1470. The van der Waals surface area contributed by atoms with Crippen LogP contribution in [0.2, 0.25) is 0 Å². The molecule has 1 aliphatic heterocycles. The predicted molar refractivity (Wildman–Crippen MR) is 139 cm³/mol. The molecule has 3 amide bonds. The number of carbonyl (C=O) groups excluding carboxylic acids is 3. The lowest BCUT2D eigenvalue weighted by atomic mass is 9.93. The fourth-order valence-corrected chi connectivity index (χ4v) is 4.62. The maximum Gasteiger partial charge on any atom is 0.277 e. The van der Waals surface area contributed by atoms with Gasteiger partial charge in [-0.2, -0.15) is 5.10 Å². The number of carbonyl (C=O) groups is 3. The van der Waals surface area contributed by atoms with Gasteiger partial charge in [-0.25, -0.2) is 0 Å². The summed E-state index contributed by atoms with van der Waals surface area (Å²) >= 11 is 0. The van der Waals surface area contributed by atoms with Gasteiger partial charge in [0.25, 0.3) is 5.91 Å². The summed E-state index contributed by atoms with van der Waals surface area (Å²) in [4.78, 5) is 40.6. The third-order valence-corrected chi connectivity index (χ3v) is 6.40. The van der Waals surface area contributed by atoms with Crippen molar-refractivity contribution in [2.45, 2.75) is 39.4 Å². The number of hydrogen-bond donors (Lipinski definition) is 2. The van der Waals surface area contributed by atoms with E-state index in [1.807, 2.05) is 31.2 Å². The van der Waals surface area contributed by atoms with E-state index in [2.05, 4.69) is 15.7 Å². The Morgan fingerprint density at radius 1 is 1.08 bits per heavy atom. The lowest BCUT2D eigenvalue weighted by molar-refractivity contribution is -0.126. The molecule has 0 bridgehead atoms. The molecule has 0 radical (unpaired) electrons. The summed E-state index contributed by atoms with van der Waals surface area (Å²) < 4.78 is 7.04. The molecule has 188 valence electrons. The molecule has 4 aromatic rings. The van der Waals surface area contributed by atoms with Crippen LogP contribution in [0.15, 0.2) is 77.4 Å². The fourth-order valence-electron chi connectivity index (χ4n) is 4.62. The van der Waals surface area contributed by atoms with Crippen LogP contribution in [0.1, 0.15) is 35.5 Å². The average Bonchev–Trinajstić information content (AvgIpc) is 3.53. The van der Waals surface area contributed by atoms with E-state index in [0.717, 1.165) is 11.1 Å². The monoisotopic (exact) mass is 497 g/mol. The highest BCUT2D eigenvalue weighted by Crippen LogP contribution is 2.35. The van der Waals surface area contributed by atoms with Gasteiger partial charge in [-0.15, -0.1) is 0 Å². The van der Waals surface area contributed by atoms with Gasteiger partial charge in [-0.3, -0.25) is 24.0 Å². The number of amides is 3. The topological polar surface area (TPSA) is 109 Å². The third-order valence-electron chi connectivity index (χ3n) is 6.40. The fraction of sp³-hybridized carbons (Fsp3) is 0.214. The summed E-state index contributed by atoms with van der Waals surface area (Å²) in [5.74, 6) is -0.339. The van der Waals surface area contributed by atoms with Crippen molar-refractivity contribution < 1.29 is 18.8 Å². The molecule has 9 heteroatoms. The van der Waals surface area contributed by atoms with E-state index in [0.29, 0.717) is 35.1 Å². The van der Waals surface area contributed by atoms with Crippen LogP contribution in [0.5, 0.6) is 0 Å². The zero-order valence-electron chi connectivity index (χ0n) is 20.8. The van der Waals surface area contributed by atoms with Gasteiger partial charge in [0.2, 0.25) is 11.8 Å². The number of anilines is 2. The van der Waals surface area contributed by atoms with E-state index in [4.69, 9.17) is 4.42 Å². The van der Waals surface area contributed by atoms with Gasteiger partial charge in [-0.05, 0) is 55.8 Å². The minimum atomic E-state index is -1.28. The first-order valence-corrected chi connectivity index (χ1v) is 11.9. The Kier molecular flexibility index (Phi) is 6.12. The second-order valence-electron chi connectivity index (χ2n) is 9.36. The summed E-state index contributed by atoms with van der Waals surface area (Å²) in [6.45, 7) is 5.62. The number of rotatable bonds is 6. The van der Waals surface area contributed by atoms with E-state index in [9.17, 15) is 14.4 Å². The van der Waals surface area contributed by atoms with Crippen LogP contribution in [0.4, 0.5) is 11.4 Å². The van der Waals surface area contributed by atoms with Crippen molar-refractivity contribution in [3.63, 3.8) is 0 Å². The highest BCUT2D eigenvalue weighted by molar-refractivity contribution is 6.12. The number of aryl methyl sites for hydroxylation is 1. The largest absolute Gasteiger partial charge is 0.463 e. The molecular weight excluding hydrogens is 470 g/mol. The molecule has 0 fully saturated rings. The Labute approximate surface area is 214 Å². The van der Waals surface area contributed by atoms with Crippen LogP contribution < -0.4 is 15.5 Å². The van der Waals surface area contributed by atoms with Crippen molar-refractivity contribution in [1.82, 2.24) is 15.1 Å². The van der Waals surface area contributed by atoms with E-state index in [1.54, 1.807) is 60.3 Å². The standard InChI is InChI=1S/C28H27N5O4/c1-18-6-4-7-20(14-18)16-29-27(36)28(3)17-32-24(15-23(31-32)25-8-5-13-37-25)26(35)33(28)22-11-9-21(10-12-22)30-19(2)34/h4-15H,16-17H2,1-3H3,(H,29,36)(H,30,34)/t28-/m1/s1. The number of nitrogens with zero attached hydrogens (tertiary/aromatic N) is 3. The van der Waals surface area contributed by atoms with Gasteiger partial charge in [0.1, 0.15) is 16.9 Å². The van der Waals surface area contributed by atoms with Gasteiger partial charge in [0.05, 0.1) is 12.8 Å². The molecule has 2 aromatic heterocycles. The van der Waals surface area contributed by atoms with Crippen LogP contribution >= 0.6 is 0 Å². The zero-order valence-corrected chi connectivity index (χ0v) is 20.8. The van der Waals surface area contributed by atoms with Crippen LogP contribution in [-0.2, 0) is 22.7 Å². The molecule has 1 aliphatic rings. The lowest BCUT2D eigenvalue weighted by Gasteiger charge is -2.43. The first kappa shape index (κ1) is 24.1. The van der Waals surface area contributed by atoms with Crippen molar-refractivity contribution in [3.05, 3.63) is 89.8 Å². The van der Waals surface area contributed by atoms with Crippen LogP contribution in [0.25, 0.3) is 11.5 Å². The summed E-state index contributed by atoms with van der Waals surface area (Å²) in [7, 11) is 0. The molecule has 5 rings (SSSR count). The number of aromatic nitrogens is 2. The minimum absolute atomic E-state index is 0.141. The third kappa shape index (κ3) is 4.63. The maximum absolute atomic E-state index is 13.9. The lowest BCUT2D eigenvalue weighted by Crippen LogP contribution is -2.64. The molecule has 1 atom stereocenters. The second kappa shape index (κ2) is 9.42. The number of nitrogens with one attached hydrogen (secondary N) is 2. The molecule has 0 saturated carbocycles.